The lowest BCUT2D eigenvalue weighted by Gasteiger charge is -2.39. The van der Waals surface area contributed by atoms with Gasteiger partial charge in [-0.1, -0.05) is 58.9 Å². The molecule has 9 nitrogen and oxygen atoms in total. The number of hydrogen-bond donors (Lipinski definition) is 0. The molecule has 0 N–H and O–H groups in total. The van der Waals surface area contributed by atoms with Crippen LogP contribution in [-0.2, 0) is 16.6 Å². The first-order valence-electron chi connectivity index (χ1n) is 11.5. The zero-order chi connectivity index (χ0) is 23.9. The van der Waals surface area contributed by atoms with Gasteiger partial charge in [0.05, 0.1) is 29.5 Å². The fraction of sp³-hybridized carbons (Fsp3) is 0.565. The van der Waals surface area contributed by atoms with Crippen molar-refractivity contribution in [2.45, 2.75) is 76.8 Å². The number of aromatic nitrogens is 6. The molecule has 33 heavy (non-hydrogen) atoms. The van der Waals surface area contributed by atoms with E-state index in [1.165, 1.54) is 10.4 Å². The summed E-state index contributed by atoms with van der Waals surface area (Å²) in [5.41, 5.74) is 3.73. The van der Waals surface area contributed by atoms with Gasteiger partial charge >= 0.3 is 0 Å². The van der Waals surface area contributed by atoms with Crippen LogP contribution in [0.5, 0.6) is 0 Å². The minimum absolute atomic E-state index is 0.0356. The molecule has 10 heteroatoms. The van der Waals surface area contributed by atoms with Crippen LogP contribution in [0, 0.1) is 0 Å². The summed E-state index contributed by atoms with van der Waals surface area (Å²) in [6, 6.07) is 4.13. The molecule has 0 aliphatic carbocycles. The average molecular weight is 472 g/mol. The van der Waals surface area contributed by atoms with Gasteiger partial charge in [-0.2, -0.15) is 19.3 Å². The van der Waals surface area contributed by atoms with Gasteiger partial charge in [-0.3, -0.25) is 0 Å². The van der Waals surface area contributed by atoms with E-state index in [2.05, 4.69) is 74.2 Å². The molecule has 1 fully saturated rings. The molecule has 0 atom stereocenters. The summed E-state index contributed by atoms with van der Waals surface area (Å²) in [5.74, 6) is 0.553. The van der Waals surface area contributed by atoms with Crippen LogP contribution < -0.4 is 0 Å². The van der Waals surface area contributed by atoms with Crippen LogP contribution in [0.4, 0.5) is 0 Å². The normalized spacial score (nSPS) is 15.7. The largest absolute Gasteiger partial charge is 0.246 e. The summed E-state index contributed by atoms with van der Waals surface area (Å²) in [7, 11) is -3.62. The highest BCUT2D eigenvalue weighted by atomic mass is 32.2. The summed E-state index contributed by atoms with van der Waals surface area (Å²) in [4.78, 5) is 2.02. The van der Waals surface area contributed by atoms with Crippen molar-refractivity contribution in [3.05, 3.63) is 53.1 Å². The predicted molar refractivity (Wildman–Crippen MR) is 126 cm³/mol. The Balaban J connectivity index is 1.58. The van der Waals surface area contributed by atoms with Crippen molar-refractivity contribution in [1.82, 2.24) is 34.3 Å². The molecule has 1 aromatic carbocycles. The second kappa shape index (κ2) is 8.98. The maximum atomic E-state index is 13.8. The van der Waals surface area contributed by atoms with Crippen LogP contribution in [0.2, 0.25) is 0 Å². The van der Waals surface area contributed by atoms with E-state index in [0.29, 0.717) is 30.4 Å². The number of sulfonamides is 1. The molecular formula is C23H33N7O2S. The zero-order valence-corrected chi connectivity index (χ0v) is 21.0. The molecule has 2 aromatic heterocycles. The third-order valence-corrected chi connectivity index (χ3v) is 8.17. The predicted octanol–water partition coefficient (Wildman–Crippen LogP) is 3.53. The Morgan fingerprint density at radius 1 is 0.939 bits per heavy atom. The SMILES string of the molecule is CC(C)c1cc(C(C)C)c(S(=O)(=O)N2CC(n3cc(Cn4nccn4)nn3)C2)c(C(C)C)c1. The molecule has 0 unspecified atom stereocenters. The second-order valence-corrected chi connectivity index (χ2v) is 11.6. The van der Waals surface area contributed by atoms with E-state index in [1.807, 2.05) is 6.20 Å². The number of benzene rings is 1. The fourth-order valence-corrected chi connectivity index (χ4v) is 6.31. The summed E-state index contributed by atoms with van der Waals surface area (Å²) < 4.78 is 30.9. The first kappa shape index (κ1) is 23.6. The van der Waals surface area contributed by atoms with Gasteiger partial charge in [0, 0.05) is 13.1 Å². The average Bonchev–Trinajstić information content (AvgIpc) is 3.38. The van der Waals surface area contributed by atoms with E-state index in [4.69, 9.17) is 0 Å². The zero-order valence-electron chi connectivity index (χ0n) is 20.2. The van der Waals surface area contributed by atoms with E-state index in [1.54, 1.807) is 21.4 Å². The number of hydrogen-bond acceptors (Lipinski definition) is 6. The summed E-state index contributed by atoms with van der Waals surface area (Å²) in [6.45, 7) is 13.7. The molecule has 0 saturated carbocycles. The van der Waals surface area contributed by atoms with E-state index in [9.17, 15) is 8.42 Å². The topological polar surface area (TPSA) is 98.8 Å². The lowest BCUT2D eigenvalue weighted by atomic mass is 9.89. The quantitative estimate of drug-likeness (QED) is 0.498. The van der Waals surface area contributed by atoms with Crippen molar-refractivity contribution >= 4 is 10.0 Å². The van der Waals surface area contributed by atoms with Gasteiger partial charge in [-0.15, -0.1) is 5.10 Å². The van der Waals surface area contributed by atoms with Crippen LogP contribution in [0.1, 0.15) is 87.7 Å². The van der Waals surface area contributed by atoms with E-state index < -0.39 is 10.0 Å². The number of rotatable bonds is 8. The van der Waals surface area contributed by atoms with Crippen molar-refractivity contribution in [2.24, 2.45) is 0 Å². The van der Waals surface area contributed by atoms with Gasteiger partial charge < -0.3 is 0 Å². The van der Waals surface area contributed by atoms with Gasteiger partial charge in [0.25, 0.3) is 0 Å². The Kier molecular flexibility index (Phi) is 6.41. The smallest absolute Gasteiger partial charge is 0.243 e. The van der Waals surface area contributed by atoms with Crippen LogP contribution >= 0.6 is 0 Å². The first-order valence-corrected chi connectivity index (χ1v) is 12.9. The van der Waals surface area contributed by atoms with E-state index in [0.717, 1.165) is 16.8 Å². The third kappa shape index (κ3) is 4.59. The van der Waals surface area contributed by atoms with Gasteiger partial charge in [0.1, 0.15) is 12.2 Å². The van der Waals surface area contributed by atoms with Gasteiger partial charge in [-0.25, -0.2) is 13.1 Å². The van der Waals surface area contributed by atoms with Crippen LogP contribution in [0.25, 0.3) is 0 Å². The molecule has 4 rings (SSSR count). The molecular weight excluding hydrogens is 438 g/mol. The minimum Gasteiger partial charge on any atom is -0.246 e. The Morgan fingerprint density at radius 2 is 1.52 bits per heavy atom. The Hall–Kier alpha value is -2.59. The maximum absolute atomic E-state index is 13.8. The lowest BCUT2D eigenvalue weighted by molar-refractivity contribution is 0.188. The molecule has 1 aliphatic rings. The van der Waals surface area contributed by atoms with E-state index in [-0.39, 0.29) is 17.9 Å². The molecule has 3 heterocycles. The molecule has 0 bridgehead atoms. The van der Waals surface area contributed by atoms with Crippen LogP contribution in [-0.4, -0.2) is 55.8 Å². The molecule has 178 valence electrons. The standard InChI is InChI=1S/C23H33N7O2S/c1-15(2)18-9-21(16(3)4)23(22(10-18)17(5)6)33(31,32)28-13-20(14-28)29-11-19(26-27-29)12-30-24-7-8-25-30/h7-11,15-17,20H,12-14H2,1-6H3. The Labute approximate surface area is 195 Å². The highest BCUT2D eigenvalue weighted by molar-refractivity contribution is 7.89. The fourth-order valence-electron chi connectivity index (χ4n) is 4.13. The van der Waals surface area contributed by atoms with Crippen LogP contribution in [0.3, 0.4) is 0 Å². The molecule has 1 aliphatic heterocycles. The Morgan fingerprint density at radius 3 is 2.03 bits per heavy atom. The molecule has 0 radical (unpaired) electrons. The summed E-state index contributed by atoms with van der Waals surface area (Å²) in [6.07, 6.45) is 5.07. The lowest BCUT2D eigenvalue weighted by Crippen LogP contribution is -2.51. The minimum atomic E-state index is -3.62. The van der Waals surface area contributed by atoms with E-state index >= 15 is 0 Å². The van der Waals surface area contributed by atoms with Gasteiger partial charge in [0.2, 0.25) is 10.0 Å². The number of nitrogens with zero attached hydrogens (tertiary/aromatic N) is 7. The first-order chi connectivity index (χ1) is 15.6. The monoisotopic (exact) mass is 471 g/mol. The molecule has 0 spiro atoms. The summed E-state index contributed by atoms with van der Waals surface area (Å²) >= 11 is 0. The van der Waals surface area contributed by atoms with Crippen molar-refractivity contribution in [2.75, 3.05) is 13.1 Å². The highest BCUT2D eigenvalue weighted by Crippen LogP contribution is 2.38. The van der Waals surface area contributed by atoms with Crippen molar-refractivity contribution in [3.63, 3.8) is 0 Å². The molecule has 3 aromatic rings. The molecule has 0 amide bonds. The summed E-state index contributed by atoms with van der Waals surface area (Å²) in [5, 5.41) is 16.6. The highest BCUT2D eigenvalue weighted by Gasteiger charge is 2.41. The van der Waals surface area contributed by atoms with Gasteiger partial charge in [0.15, 0.2) is 0 Å². The van der Waals surface area contributed by atoms with Gasteiger partial charge in [-0.05, 0) is 34.4 Å². The van der Waals surface area contributed by atoms with Crippen LogP contribution in [0.15, 0.2) is 35.6 Å². The Bertz CT molecular complexity index is 1180. The second-order valence-electron chi connectivity index (χ2n) is 9.72. The van der Waals surface area contributed by atoms with Crippen molar-refractivity contribution in [3.8, 4) is 0 Å². The molecule has 1 saturated heterocycles. The van der Waals surface area contributed by atoms with Crippen molar-refractivity contribution < 1.29 is 8.42 Å². The maximum Gasteiger partial charge on any atom is 0.243 e. The van der Waals surface area contributed by atoms with Crippen molar-refractivity contribution in [1.29, 1.82) is 0 Å². The third-order valence-electron chi connectivity index (χ3n) is 6.21.